The molecule has 1 heterocycles. The summed E-state index contributed by atoms with van der Waals surface area (Å²) in [5.74, 6) is 4.53. The molecule has 1 aliphatic rings. The van der Waals surface area contributed by atoms with Gasteiger partial charge in [0.2, 0.25) is 0 Å². The van der Waals surface area contributed by atoms with Gasteiger partial charge in [-0.1, -0.05) is 17.8 Å². The van der Waals surface area contributed by atoms with Gasteiger partial charge in [-0.25, -0.2) is 10.9 Å². The van der Waals surface area contributed by atoms with Crippen LogP contribution in [0.1, 0.15) is 20.7 Å². The molecule has 5 nitrogen and oxygen atoms in total. The third-order valence-corrected chi connectivity index (χ3v) is 4.08. The summed E-state index contributed by atoms with van der Waals surface area (Å²) in [5.41, 5.74) is 7.02. The summed E-state index contributed by atoms with van der Waals surface area (Å²) in [5, 5.41) is 0.651. The first-order valence-electron chi connectivity index (χ1n) is 5.88. The van der Waals surface area contributed by atoms with E-state index in [1.807, 2.05) is 12.1 Å². The molecule has 0 saturated heterocycles. The van der Waals surface area contributed by atoms with Gasteiger partial charge in [-0.3, -0.25) is 9.59 Å². The molecule has 6 heteroatoms. The van der Waals surface area contributed by atoms with Gasteiger partial charge < -0.3 is 5.73 Å². The van der Waals surface area contributed by atoms with E-state index in [-0.39, 0.29) is 0 Å². The van der Waals surface area contributed by atoms with E-state index in [1.54, 1.807) is 30.3 Å². The molecule has 0 bridgehead atoms. The van der Waals surface area contributed by atoms with Gasteiger partial charge in [0.1, 0.15) is 0 Å². The van der Waals surface area contributed by atoms with Gasteiger partial charge in [0.25, 0.3) is 11.8 Å². The van der Waals surface area contributed by atoms with Crippen molar-refractivity contribution in [2.45, 2.75) is 9.79 Å². The van der Waals surface area contributed by atoms with Crippen LogP contribution in [-0.2, 0) is 0 Å². The third kappa shape index (κ3) is 1.95. The Kier molecular flexibility index (Phi) is 2.96. The first-order chi connectivity index (χ1) is 9.58. The highest BCUT2D eigenvalue weighted by Gasteiger charge is 2.35. The van der Waals surface area contributed by atoms with Crippen molar-refractivity contribution in [3.8, 4) is 0 Å². The first kappa shape index (κ1) is 12.7. The Bertz CT molecular complexity index is 713. The molecular formula is C14H11N3O2S. The summed E-state index contributed by atoms with van der Waals surface area (Å²) in [7, 11) is 0. The Balaban J connectivity index is 2.03. The molecule has 0 fully saturated rings. The minimum Gasteiger partial charge on any atom is -0.399 e. The number of carbonyl (C=O) groups is 2. The second-order valence-corrected chi connectivity index (χ2v) is 5.45. The fraction of sp³-hybridized carbons (Fsp3) is 0. The maximum Gasteiger partial charge on any atom is 0.277 e. The molecule has 2 aromatic carbocycles. The monoisotopic (exact) mass is 285 g/mol. The number of amides is 2. The summed E-state index contributed by atoms with van der Waals surface area (Å²) in [6.07, 6.45) is 0. The van der Waals surface area contributed by atoms with Crippen LogP contribution in [0.4, 0.5) is 5.69 Å². The van der Waals surface area contributed by atoms with Crippen LogP contribution in [0.25, 0.3) is 0 Å². The zero-order valence-electron chi connectivity index (χ0n) is 10.4. The number of rotatable bonds is 2. The van der Waals surface area contributed by atoms with E-state index >= 15 is 0 Å². The molecule has 0 radical (unpaired) electrons. The number of carbonyl (C=O) groups excluding carboxylic acids is 2. The number of nitrogens with two attached hydrogens (primary N) is 2. The number of fused-ring (bicyclic) bond motifs is 1. The summed E-state index contributed by atoms with van der Waals surface area (Å²) in [6, 6.07) is 12.4. The highest BCUT2D eigenvalue weighted by Crippen LogP contribution is 2.35. The van der Waals surface area contributed by atoms with Crippen LogP contribution in [-0.4, -0.2) is 16.8 Å². The lowest BCUT2D eigenvalue weighted by Gasteiger charge is -2.06. The van der Waals surface area contributed by atoms with Crippen LogP contribution in [0.3, 0.4) is 0 Å². The van der Waals surface area contributed by atoms with Crippen LogP contribution in [0, 0.1) is 0 Å². The molecule has 2 aromatic rings. The average Bonchev–Trinajstić information content (AvgIpc) is 2.67. The van der Waals surface area contributed by atoms with Crippen molar-refractivity contribution in [1.82, 2.24) is 5.01 Å². The highest BCUT2D eigenvalue weighted by molar-refractivity contribution is 7.99. The van der Waals surface area contributed by atoms with Crippen molar-refractivity contribution in [1.29, 1.82) is 0 Å². The van der Waals surface area contributed by atoms with Crippen molar-refractivity contribution >= 4 is 29.3 Å². The van der Waals surface area contributed by atoms with E-state index in [0.29, 0.717) is 26.7 Å². The van der Waals surface area contributed by atoms with Crippen molar-refractivity contribution < 1.29 is 9.59 Å². The van der Waals surface area contributed by atoms with Gasteiger partial charge in [0.15, 0.2) is 0 Å². The molecule has 1 aliphatic heterocycles. The van der Waals surface area contributed by atoms with E-state index in [0.717, 1.165) is 4.90 Å². The standard InChI is InChI=1S/C14H11N3O2S/c15-8-4-6-9(7-5-8)20-11-3-1-2-10-12(11)14(19)17(16)13(10)18/h1-7H,15-16H2. The zero-order valence-corrected chi connectivity index (χ0v) is 11.2. The molecule has 100 valence electrons. The number of benzene rings is 2. The predicted molar refractivity (Wildman–Crippen MR) is 76.1 cm³/mol. The molecule has 3 rings (SSSR count). The molecule has 0 saturated carbocycles. The molecule has 0 unspecified atom stereocenters. The van der Waals surface area contributed by atoms with E-state index in [4.69, 9.17) is 11.6 Å². The van der Waals surface area contributed by atoms with E-state index in [9.17, 15) is 9.59 Å². The van der Waals surface area contributed by atoms with Gasteiger partial charge in [0, 0.05) is 15.5 Å². The van der Waals surface area contributed by atoms with Gasteiger partial charge in [0.05, 0.1) is 11.1 Å². The Morgan fingerprint density at radius 1 is 0.950 bits per heavy atom. The summed E-state index contributed by atoms with van der Waals surface area (Å²) in [6.45, 7) is 0. The minimum atomic E-state index is -0.469. The van der Waals surface area contributed by atoms with Crippen LogP contribution in [0.5, 0.6) is 0 Å². The number of hydrogen-bond donors (Lipinski definition) is 2. The molecule has 4 N–H and O–H groups in total. The zero-order chi connectivity index (χ0) is 14.3. The molecule has 0 spiro atoms. The Labute approximate surface area is 119 Å². The number of nitrogens with zero attached hydrogens (tertiary/aromatic N) is 1. The fourth-order valence-electron chi connectivity index (χ4n) is 2.02. The van der Waals surface area contributed by atoms with Crippen LogP contribution in [0.2, 0.25) is 0 Å². The second-order valence-electron chi connectivity index (χ2n) is 4.33. The maximum atomic E-state index is 12.0. The summed E-state index contributed by atoms with van der Waals surface area (Å²) in [4.78, 5) is 25.5. The molecule has 20 heavy (non-hydrogen) atoms. The number of imide groups is 1. The van der Waals surface area contributed by atoms with Crippen LogP contribution >= 0.6 is 11.8 Å². The van der Waals surface area contributed by atoms with E-state index < -0.39 is 11.8 Å². The van der Waals surface area contributed by atoms with E-state index in [2.05, 4.69) is 0 Å². The number of hydrogen-bond acceptors (Lipinski definition) is 5. The third-order valence-electron chi connectivity index (χ3n) is 3.02. The normalized spacial score (nSPS) is 13.8. The molecule has 0 aliphatic carbocycles. The lowest BCUT2D eigenvalue weighted by Crippen LogP contribution is -2.36. The second kappa shape index (κ2) is 4.66. The Morgan fingerprint density at radius 2 is 1.65 bits per heavy atom. The number of anilines is 1. The van der Waals surface area contributed by atoms with E-state index in [1.165, 1.54) is 11.8 Å². The summed E-state index contributed by atoms with van der Waals surface area (Å²) >= 11 is 1.40. The predicted octanol–water partition coefficient (Wildman–Crippen LogP) is 1.89. The Morgan fingerprint density at radius 3 is 2.35 bits per heavy atom. The van der Waals surface area contributed by atoms with Crippen molar-refractivity contribution in [3.63, 3.8) is 0 Å². The highest BCUT2D eigenvalue weighted by atomic mass is 32.2. The van der Waals surface area contributed by atoms with Crippen LogP contribution < -0.4 is 11.6 Å². The molecule has 2 amide bonds. The van der Waals surface area contributed by atoms with Gasteiger partial charge in [-0.2, -0.15) is 0 Å². The van der Waals surface area contributed by atoms with Crippen LogP contribution in [0.15, 0.2) is 52.3 Å². The number of hydrazine groups is 1. The molecule has 0 aromatic heterocycles. The largest absolute Gasteiger partial charge is 0.399 e. The van der Waals surface area contributed by atoms with Gasteiger partial charge >= 0.3 is 0 Å². The Hall–Kier alpha value is -2.31. The lowest BCUT2D eigenvalue weighted by molar-refractivity contribution is 0.0652. The minimum absolute atomic E-state index is 0.345. The smallest absolute Gasteiger partial charge is 0.277 e. The average molecular weight is 285 g/mol. The fourth-order valence-corrected chi connectivity index (χ4v) is 2.99. The molecular weight excluding hydrogens is 274 g/mol. The topological polar surface area (TPSA) is 89.4 Å². The lowest BCUT2D eigenvalue weighted by atomic mass is 10.1. The maximum absolute atomic E-state index is 12.0. The molecule has 0 atom stereocenters. The summed E-state index contributed by atoms with van der Waals surface area (Å²) < 4.78 is 0. The quantitative estimate of drug-likeness (QED) is 0.380. The SMILES string of the molecule is Nc1ccc(Sc2cccc3c2C(=O)N(N)C3=O)cc1. The number of nitrogen functional groups attached to an aromatic ring is 1. The van der Waals surface area contributed by atoms with Crippen molar-refractivity contribution in [2.24, 2.45) is 5.84 Å². The van der Waals surface area contributed by atoms with Crippen molar-refractivity contribution in [3.05, 3.63) is 53.6 Å². The van der Waals surface area contributed by atoms with Crippen molar-refractivity contribution in [2.75, 3.05) is 5.73 Å². The van der Waals surface area contributed by atoms with Gasteiger partial charge in [-0.05, 0) is 36.4 Å². The first-order valence-corrected chi connectivity index (χ1v) is 6.69. The van der Waals surface area contributed by atoms with Gasteiger partial charge in [-0.15, -0.1) is 0 Å².